The van der Waals surface area contributed by atoms with Crippen LogP contribution in [-0.4, -0.2) is 43.9 Å². The summed E-state index contributed by atoms with van der Waals surface area (Å²) in [6.45, 7) is 1.81. The van der Waals surface area contributed by atoms with E-state index in [0.717, 1.165) is 6.42 Å². The molecule has 0 unspecified atom stereocenters. The number of anilines is 1. The van der Waals surface area contributed by atoms with E-state index in [4.69, 9.17) is 9.47 Å². The number of carbonyl (C=O) groups is 3. The third-order valence-electron chi connectivity index (χ3n) is 4.26. The second-order valence-electron chi connectivity index (χ2n) is 6.47. The van der Waals surface area contributed by atoms with Crippen LogP contribution in [0, 0.1) is 5.82 Å². The molecule has 1 heterocycles. The van der Waals surface area contributed by atoms with Crippen molar-refractivity contribution in [2.75, 3.05) is 31.2 Å². The number of benzene rings is 2. The van der Waals surface area contributed by atoms with E-state index >= 15 is 0 Å². The summed E-state index contributed by atoms with van der Waals surface area (Å²) < 4.78 is 24.0. The van der Waals surface area contributed by atoms with Crippen molar-refractivity contribution in [3.63, 3.8) is 0 Å². The maximum atomic E-state index is 13.2. The molecule has 0 fully saturated rings. The predicted octanol–water partition coefficient (Wildman–Crippen LogP) is 2.34. The van der Waals surface area contributed by atoms with E-state index in [0.29, 0.717) is 18.0 Å². The number of rotatable bonds is 8. The van der Waals surface area contributed by atoms with Crippen LogP contribution in [0.1, 0.15) is 23.7 Å². The second-order valence-corrected chi connectivity index (χ2v) is 6.47. The van der Waals surface area contributed by atoms with Gasteiger partial charge in [-0.2, -0.15) is 0 Å². The number of hydrogen-bond donors (Lipinski definition) is 1. The number of fused-ring (bicyclic) bond motifs is 1. The number of hydrogen-bond acceptors (Lipinski definition) is 5. The van der Waals surface area contributed by atoms with Gasteiger partial charge in [-0.1, -0.05) is 13.0 Å². The minimum absolute atomic E-state index is 0.160. The summed E-state index contributed by atoms with van der Waals surface area (Å²) in [6, 6.07) is 10.1. The Hall–Kier alpha value is -3.42. The van der Waals surface area contributed by atoms with Gasteiger partial charge in [-0.05, 0) is 36.8 Å². The molecule has 2 amide bonds. The minimum atomic E-state index is -0.462. The highest BCUT2D eigenvalue weighted by atomic mass is 19.1. The Morgan fingerprint density at radius 3 is 2.83 bits per heavy atom. The molecule has 0 saturated carbocycles. The van der Waals surface area contributed by atoms with E-state index in [-0.39, 0.29) is 48.7 Å². The lowest BCUT2D eigenvalue weighted by Gasteiger charge is -2.29. The van der Waals surface area contributed by atoms with E-state index < -0.39 is 5.82 Å². The quantitative estimate of drug-likeness (QED) is 0.688. The van der Waals surface area contributed by atoms with E-state index in [2.05, 4.69) is 5.32 Å². The average Bonchev–Trinajstić information content (AvgIpc) is 2.72. The standard InChI is InChI=1S/C21H21FN2O5/c1-2-8-23-20(26)11-24-17-9-14(6-7-19(17)29-13-21(24)27)18(25)12-28-16-5-3-4-15(22)10-16/h3-7,9-10H,2,8,11-13H2,1H3,(H,23,26). The van der Waals surface area contributed by atoms with Crippen LogP contribution >= 0.6 is 0 Å². The van der Waals surface area contributed by atoms with Crippen molar-refractivity contribution in [2.24, 2.45) is 0 Å². The highest BCUT2D eigenvalue weighted by Gasteiger charge is 2.28. The van der Waals surface area contributed by atoms with Gasteiger partial charge < -0.3 is 14.8 Å². The molecule has 29 heavy (non-hydrogen) atoms. The first-order valence-electron chi connectivity index (χ1n) is 9.23. The van der Waals surface area contributed by atoms with Crippen molar-refractivity contribution in [1.82, 2.24) is 5.32 Å². The van der Waals surface area contributed by atoms with Crippen LogP contribution in [0.15, 0.2) is 42.5 Å². The summed E-state index contributed by atoms with van der Waals surface area (Å²) in [5.74, 6) is -0.828. The minimum Gasteiger partial charge on any atom is -0.485 e. The summed E-state index contributed by atoms with van der Waals surface area (Å²) in [6.07, 6.45) is 0.781. The number of nitrogens with one attached hydrogen (secondary N) is 1. The van der Waals surface area contributed by atoms with Crippen molar-refractivity contribution in [3.05, 3.63) is 53.8 Å². The third kappa shape index (κ3) is 5.10. The molecule has 2 aromatic rings. The zero-order valence-electron chi connectivity index (χ0n) is 15.9. The largest absolute Gasteiger partial charge is 0.485 e. The van der Waals surface area contributed by atoms with Gasteiger partial charge in [0.25, 0.3) is 5.91 Å². The number of ether oxygens (including phenoxy) is 2. The van der Waals surface area contributed by atoms with E-state index in [1.165, 1.54) is 29.2 Å². The molecule has 1 N–H and O–H groups in total. The number of carbonyl (C=O) groups excluding carboxylic acids is 3. The summed E-state index contributed by atoms with van der Waals surface area (Å²) >= 11 is 0. The zero-order chi connectivity index (χ0) is 20.8. The van der Waals surface area contributed by atoms with E-state index in [1.807, 2.05) is 6.92 Å². The molecule has 8 heteroatoms. The number of nitrogens with zero attached hydrogens (tertiary/aromatic N) is 1. The summed E-state index contributed by atoms with van der Waals surface area (Å²) in [7, 11) is 0. The Morgan fingerprint density at radius 1 is 1.24 bits per heavy atom. The predicted molar refractivity (Wildman–Crippen MR) is 104 cm³/mol. The molecule has 1 aliphatic heterocycles. The Morgan fingerprint density at radius 2 is 2.07 bits per heavy atom. The molecule has 2 aromatic carbocycles. The summed E-state index contributed by atoms with van der Waals surface area (Å²) in [4.78, 5) is 38.1. The van der Waals surface area contributed by atoms with Crippen molar-refractivity contribution in [3.8, 4) is 11.5 Å². The lowest BCUT2D eigenvalue weighted by atomic mass is 10.1. The smallest absolute Gasteiger partial charge is 0.265 e. The van der Waals surface area contributed by atoms with Crippen LogP contribution in [0.3, 0.4) is 0 Å². The van der Waals surface area contributed by atoms with Crippen molar-refractivity contribution in [1.29, 1.82) is 0 Å². The molecule has 0 atom stereocenters. The van der Waals surface area contributed by atoms with E-state index in [1.54, 1.807) is 18.2 Å². The van der Waals surface area contributed by atoms with Gasteiger partial charge in [0.2, 0.25) is 5.91 Å². The first-order valence-corrected chi connectivity index (χ1v) is 9.23. The van der Waals surface area contributed by atoms with Crippen LogP contribution < -0.4 is 19.7 Å². The zero-order valence-corrected chi connectivity index (χ0v) is 15.9. The van der Waals surface area contributed by atoms with Gasteiger partial charge in [0, 0.05) is 18.2 Å². The molecule has 1 aliphatic rings. The van der Waals surface area contributed by atoms with Crippen molar-refractivity contribution in [2.45, 2.75) is 13.3 Å². The molecule has 7 nitrogen and oxygen atoms in total. The van der Waals surface area contributed by atoms with Gasteiger partial charge in [-0.25, -0.2) is 4.39 Å². The highest BCUT2D eigenvalue weighted by molar-refractivity contribution is 6.04. The monoisotopic (exact) mass is 400 g/mol. The topological polar surface area (TPSA) is 84.9 Å². The molecule has 0 aromatic heterocycles. The van der Waals surface area contributed by atoms with Crippen LogP contribution in [0.4, 0.5) is 10.1 Å². The van der Waals surface area contributed by atoms with Crippen molar-refractivity contribution < 1.29 is 28.2 Å². The SMILES string of the molecule is CCCNC(=O)CN1C(=O)COc2ccc(C(=O)COc3cccc(F)c3)cc21. The molecule has 0 radical (unpaired) electrons. The fourth-order valence-electron chi connectivity index (χ4n) is 2.80. The molecule has 0 spiro atoms. The molecule has 0 aliphatic carbocycles. The number of halogens is 1. The fraction of sp³-hybridized carbons (Fsp3) is 0.286. The maximum absolute atomic E-state index is 13.2. The molecule has 152 valence electrons. The summed E-state index contributed by atoms with van der Waals surface area (Å²) in [5, 5.41) is 2.72. The number of amides is 2. The van der Waals surface area contributed by atoms with Gasteiger partial charge in [-0.3, -0.25) is 19.3 Å². The molecule has 3 rings (SSSR count). The van der Waals surface area contributed by atoms with Crippen LogP contribution in [0.25, 0.3) is 0 Å². The molecule has 0 bridgehead atoms. The lowest BCUT2D eigenvalue weighted by Crippen LogP contribution is -2.45. The molecular weight excluding hydrogens is 379 g/mol. The lowest BCUT2D eigenvalue weighted by molar-refractivity contribution is -0.125. The van der Waals surface area contributed by atoms with E-state index in [9.17, 15) is 18.8 Å². The normalized spacial score (nSPS) is 12.8. The van der Waals surface area contributed by atoms with Crippen LogP contribution in [0.2, 0.25) is 0 Å². The highest BCUT2D eigenvalue weighted by Crippen LogP contribution is 2.33. The third-order valence-corrected chi connectivity index (χ3v) is 4.26. The molecular formula is C21H21FN2O5. The van der Waals surface area contributed by atoms with Gasteiger partial charge in [-0.15, -0.1) is 0 Å². The number of ketones is 1. The van der Waals surface area contributed by atoms with Crippen LogP contribution in [-0.2, 0) is 9.59 Å². The Bertz CT molecular complexity index is 931. The Kier molecular flexibility index (Phi) is 6.43. The molecule has 0 saturated heterocycles. The van der Waals surface area contributed by atoms with Gasteiger partial charge in [0.15, 0.2) is 19.0 Å². The van der Waals surface area contributed by atoms with Gasteiger partial charge in [0.1, 0.15) is 23.9 Å². The first kappa shape index (κ1) is 20.3. The Labute approximate surface area is 167 Å². The summed E-state index contributed by atoms with van der Waals surface area (Å²) in [5.41, 5.74) is 0.641. The number of Topliss-reactive ketones (excluding diaryl/α,β-unsaturated/α-hetero) is 1. The second kappa shape index (κ2) is 9.18. The van der Waals surface area contributed by atoms with Crippen LogP contribution in [0.5, 0.6) is 11.5 Å². The maximum Gasteiger partial charge on any atom is 0.265 e. The average molecular weight is 400 g/mol. The van der Waals surface area contributed by atoms with Gasteiger partial charge >= 0.3 is 0 Å². The van der Waals surface area contributed by atoms with Gasteiger partial charge in [0.05, 0.1) is 5.69 Å². The Balaban J connectivity index is 1.74. The van der Waals surface area contributed by atoms with Crippen molar-refractivity contribution >= 4 is 23.3 Å². The first-order chi connectivity index (χ1) is 14.0. The fourth-order valence-corrected chi connectivity index (χ4v) is 2.80.